The highest BCUT2D eigenvalue weighted by Crippen LogP contribution is 2.27. The number of amides is 1. The van der Waals surface area contributed by atoms with Crippen LogP contribution in [-0.4, -0.2) is 49.6 Å². The third-order valence-electron chi connectivity index (χ3n) is 4.26. The minimum Gasteiger partial charge on any atom is -0.493 e. The van der Waals surface area contributed by atoms with E-state index in [4.69, 9.17) is 21.1 Å². The molecule has 0 bridgehead atoms. The summed E-state index contributed by atoms with van der Waals surface area (Å²) in [5, 5.41) is 3.09. The van der Waals surface area contributed by atoms with Gasteiger partial charge in [0.1, 0.15) is 0 Å². The topological polar surface area (TPSA) is 63.7 Å². The lowest BCUT2D eigenvalue weighted by molar-refractivity contribution is -0.120. The second-order valence-electron chi connectivity index (χ2n) is 5.93. The molecule has 26 heavy (non-hydrogen) atoms. The van der Waals surface area contributed by atoms with Crippen LogP contribution in [0.1, 0.15) is 12.5 Å². The number of pyridine rings is 1. The number of hydrogen-bond acceptors (Lipinski definition) is 5. The Morgan fingerprint density at radius 3 is 2.65 bits per heavy atom. The zero-order chi connectivity index (χ0) is 19.1. The van der Waals surface area contributed by atoms with Gasteiger partial charge in [0, 0.05) is 12.7 Å². The Labute approximate surface area is 159 Å². The van der Waals surface area contributed by atoms with Crippen molar-refractivity contribution >= 4 is 23.2 Å². The number of carbonyl (C=O) groups excluding carboxylic acids is 1. The first-order valence-electron chi connectivity index (χ1n) is 8.28. The summed E-state index contributed by atoms with van der Waals surface area (Å²) in [5.41, 5.74) is 1.62. The normalized spacial score (nSPS) is 11.9. The van der Waals surface area contributed by atoms with Crippen molar-refractivity contribution in [3.8, 4) is 11.5 Å². The number of aromatic nitrogens is 1. The predicted octanol–water partition coefficient (Wildman–Crippen LogP) is 3.25. The third kappa shape index (κ3) is 5.09. The monoisotopic (exact) mass is 377 g/mol. The molecule has 0 aliphatic carbocycles. The molecular weight excluding hydrogens is 354 g/mol. The highest BCUT2D eigenvalue weighted by Gasteiger charge is 2.19. The lowest BCUT2D eigenvalue weighted by Gasteiger charge is -2.24. The number of carbonyl (C=O) groups is 1. The minimum atomic E-state index is -0.314. The molecule has 0 aliphatic heterocycles. The van der Waals surface area contributed by atoms with E-state index in [0.29, 0.717) is 23.7 Å². The first-order chi connectivity index (χ1) is 12.5. The molecule has 1 heterocycles. The number of rotatable bonds is 8. The Hall–Kier alpha value is -2.31. The van der Waals surface area contributed by atoms with Crippen molar-refractivity contribution in [1.29, 1.82) is 0 Å². The zero-order valence-corrected chi connectivity index (χ0v) is 16.2. The maximum Gasteiger partial charge on any atom is 0.241 e. The summed E-state index contributed by atoms with van der Waals surface area (Å²) in [4.78, 5) is 18.4. The Bertz CT molecular complexity index is 755. The maximum atomic E-state index is 12.4. The zero-order valence-electron chi connectivity index (χ0n) is 15.5. The van der Waals surface area contributed by atoms with Crippen LogP contribution in [0.5, 0.6) is 11.5 Å². The number of nitrogens with one attached hydrogen (secondary N) is 1. The molecule has 0 spiro atoms. The fourth-order valence-electron chi connectivity index (χ4n) is 2.45. The number of likely N-dealkylation sites (N-methyl/N-ethyl adjacent to an activating group) is 1. The van der Waals surface area contributed by atoms with Gasteiger partial charge in [-0.05, 0) is 50.2 Å². The van der Waals surface area contributed by atoms with Crippen LogP contribution >= 0.6 is 11.6 Å². The van der Waals surface area contributed by atoms with E-state index in [0.717, 1.165) is 12.0 Å². The van der Waals surface area contributed by atoms with E-state index >= 15 is 0 Å². The summed E-state index contributed by atoms with van der Waals surface area (Å²) in [6.07, 6.45) is 2.36. The fraction of sp³-hybridized carbons (Fsp3) is 0.368. The highest BCUT2D eigenvalue weighted by atomic mass is 35.5. The van der Waals surface area contributed by atoms with Gasteiger partial charge in [-0.1, -0.05) is 17.7 Å². The van der Waals surface area contributed by atoms with Crippen LogP contribution in [0.3, 0.4) is 0 Å². The summed E-state index contributed by atoms with van der Waals surface area (Å²) >= 11 is 5.99. The fourth-order valence-corrected chi connectivity index (χ4v) is 2.62. The smallest absolute Gasteiger partial charge is 0.241 e. The van der Waals surface area contributed by atoms with Crippen molar-refractivity contribution in [3.05, 3.63) is 47.2 Å². The number of ether oxygens (including phenoxy) is 2. The summed E-state index contributed by atoms with van der Waals surface area (Å²) in [6, 6.07) is 8.97. The largest absolute Gasteiger partial charge is 0.493 e. The molecule has 6 nitrogen and oxygen atoms in total. The average molecular weight is 378 g/mol. The lowest BCUT2D eigenvalue weighted by atomic mass is 10.1. The van der Waals surface area contributed by atoms with Crippen molar-refractivity contribution < 1.29 is 14.3 Å². The highest BCUT2D eigenvalue weighted by molar-refractivity contribution is 6.32. The van der Waals surface area contributed by atoms with E-state index in [1.165, 1.54) is 0 Å². The Morgan fingerprint density at radius 2 is 2.00 bits per heavy atom. The van der Waals surface area contributed by atoms with Gasteiger partial charge in [0.15, 0.2) is 16.7 Å². The second-order valence-corrected chi connectivity index (χ2v) is 6.28. The molecule has 0 saturated heterocycles. The van der Waals surface area contributed by atoms with Gasteiger partial charge in [-0.25, -0.2) is 4.98 Å². The van der Waals surface area contributed by atoms with E-state index in [-0.39, 0.29) is 17.1 Å². The lowest BCUT2D eigenvalue weighted by Crippen LogP contribution is -2.40. The van der Waals surface area contributed by atoms with Crippen LogP contribution in [0.4, 0.5) is 5.69 Å². The molecule has 1 aromatic heterocycles. The number of anilines is 1. The quantitative estimate of drug-likeness (QED) is 0.715. The van der Waals surface area contributed by atoms with Crippen LogP contribution in [0, 0.1) is 0 Å². The molecule has 7 heteroatoms. The van der Waals surface area contributed by atoms with Crippen LogP contribution < -0.4 is 14.8 Å². The summed E-state index contributed by atoms with van der Waals surface area (Å²) in [6.45, 7) is 2.57. The van der Waals surface area contributed by atoms with Gasteiger partial charge in [-0.2, -0.15) is 0 Å². The minimum absolute atomic E-state index is 0.130. The van der Waals surface area contributed by atoms with Crippen molar-refractivity contribution in [1.82, 2.24) is 9.88 Å². The molecule has 140 valence electrons. The first-order valence-corrected chi connectivity index (χ1v) is 8.66. The molecule has 1 atom stereocenters. The van der Waals surface area contributed by atoms with Gasteiger partial charge in [0.05, 0.1) is 25.9 Å². The summed E-state index contributed by atoms with van der Waals surface area (Å²) in [5.74, 6) is 1.27. The molecule has 2 aromatic rings. The van der Waals surface area contributed by atoms with E-state index in [1.807, 2.05) is 37.1 Å². The van der Waals surface area contributed by atoms with Crippen molar-refractivity contribution in [3.63, 3.8) is 0 Å². The molecule has 0 fully saturated rings. The molecule has 1 N–H and O–H groups in total. The van der Waals surface area contributed by atoms with E-state index in [1.54, 1.807) is 32.5 Å². The van der Waals surface area contributed by atoms with Gasteiger partial charge < -0.3 is 14.8 Å². The molecular formula is C19H24ClN3O3. The number of nitrogens with zero attached hydrogens (tertiary/aromatic N) is 2. The van der Waals surface area contributed by atoms with Crippen molar-refractivity contribution in [2.45, 2.75) is 19.4 Å². The number of halogens is 1. The Balaban J connectivity index is 1.93. The standard InChI is InChI=1S/C19H24ClN3O3/c1-13(19(24)22-15-6-5-10-21-18(15)20)23(2)11-9-14-7-8-16(25-3)17(12-14)26-4/h5-8,10,12-13H,9,11H2,1-4H3,(H,22,24)/t13-/m1/s1. The molecule has 0 radical (unpaired) electrons. The SMILES string of the molecule is COc1ccc(CCN(C)[C@H](C)C(=O)Nc2cccnc2Cl)cc1OC. The Morgan fingerprint density at radius 1 is 1.27 bits per heavy atom. The van der Waals surface area contributed by atoms with Gasteiger partial charge in [-0.15, -0.1) is 0 Å². The maximum absolute atomic E-state index is 12.4. The number of hydrogen-bond donors (Lipinski definition) is 1. The molecule has 1 aromatic carbocycles. The summed E-state index contributed by atoms with van der Waals surface area (Å²) in [7, 11) is 5.14. The second kappa shape index (κ2) is 9.40. The first kappa shape index (κ1) is 20.0. The van der Waals surface area contributed by atoms with Gasteiger partial charge in [0.2, 0.25) is 5.91 Å². The van der Waals surface area contributed by atoms with Gasteiger partial charge in [0.25, 0.3) is 0 Å². The molecule has 1 amide bonds. The van der Waals surface area contributed by atoms with Crippen LogP contribution in [-0.2, 0) is 11.2 Å². The number of methoxy groups -OCH3 is 2. The molecule has 2 rings (SSSR count). The third-order valence-corrected chi connectivity index (χ3v) is 4.56. The molecule has 0 aliphatic rings. The Kier molecular flexibility index (Phi) is 7.24. The van der Waals surface area contributed by atoms with Crippen molar-refractivity contribution in [2.24, 2.45) is 0 Å². The molecule has 0 saturated carbocycles. The van der Waals surface area contributed by atoms with Gasteiger partial charge in [-0.3, -0.25) is 9.69 Å². The van der Waals surface area contributed by atoms with E-state index in [9.17, 15) is 4.79 Å². The van der Waals surface area contributed by atoms with Gasteiger partial charge >= 0.3 is 0 Å². The van der Waals surface area contributed by atoms with Crippen LogP contribution in [0.15, 0.2) is 36.5 Å². The number of benzene rings is 1. The summed E-state index contributed by atoms with van der Waals surface area (Å²) < 4.78 is 10.6. The van der Waals surface area contributed by atoms with Crippen molar-refractivity contribution in [2.75, 3.05) is 33.1 Å². The van der Waals surface area contributed by atoms with E-state index in [2.05, 4.69) is 10.3 Å². The predicted molar refractivity (Wildman–Crippen MR) is 103 cm³/mol. The average Bonchev–Trinajstić information content (AvgIpc) is 2.66. The van der Waals surface area contributed by atoms with E-state index < -0.39 is 0 Å². The van der Waals surface area contributed by atoms with Crippen LogP contribution in [0.25, 0.3) is 0 Å². The molecule has 0 unspecified atom stereocenters. The van der Waals surface area contributed by atoms with Crippen LogP contribution in [0.2, 0.25) is 5.15 Å².